The number of benzene rings is 2. The van der Waals surface area contributed by atoms with Crippen LogP contribution in [0, 0.1) is 0 Å². The molecule has 1 aromatic heterocycles. The average molecular weight is 380 g/mol. The zero-order valence-electron chi connectivity index (χ0n) is 16.0. The third-order valence-corrected chi connectivity index (χ3v) is 6.13. The van der Waals surface area contributed by atoms with Crippen LogP contribution in [0.15, 0.2) is 60.7 Å². The van der Waals surface area contributed by atoms with E-state index in [1.807, 2.05) is 36.4 Å². The molecule has 0 spiro atoms. The first-order valence-electron chi connectivity index (χ1n) is 9.23. The fourth-order valence-corrected chi connectivity index (χ4v) is 3.78. The zero-order valence-corrected chi connectivity index (χ0v) is 16.8. The summed E-state index contributed by atoms with van der Waals surface area (Å²) in [5.41, 5.74) is 2.23. The normalized spacial score (nSPS) is 11.6. The van der Waals surface area contributed by atoms with E-state index < -0.39 is 0 Å². The lowest BCUT2D eigenvalue weighted by Gasteiger charge is -2.18. The highest BCUT2D eigenvalue weighted by molar-refractivity contribution is 7.15. The van der Waals surface area contributed by atoms with E-state index in [9.17, 15) is 4.79 Å². The van der Waals surface area contributed by atoms with E-state index in [-0.39, 0.29) is 17.2 Å². The first-order chi connectivity index (χ1) is 13.0. The van der Waals surface area contributed by atoms with Crippen LogP contribution in [0.1, 0.15) is 55.7 Å². The van der Waals surface area contributed by atoms with E-state index in [2.05, 4.69) is 60.6 Å². The summed E-state index contributed by atoms with van der Waals surface area (Å²) in [6.07, 6.45) is 1.33. The lowest BCUT2D eigenvalue weighted by Crippen LogP contribution is -2.16. The third kappa shape index (κ3) is 4.80. The molecule has 0 atom stereocenters. The Labute approximate surface area is 164 Å². The number of nitrogens with zero attached hydrogens (tertiary/aromatic N) is 2. The summed E-state index contributed by atoms with van der Waals surface area (Å²) in [7, 11) is 0. The van der Waals surface area contributed by atoms with Crippen LogP contribution in [0.5, 0.6) is 0 Å². The van der Waals surface area contributed by atoms with Crippen molar-refractivity contribution in [3.05, 3.63) is 76.8 Å². The van der Waals surface area contributed by atoms with Gasteiger partial charge in [0.25, 0.3) is 0 Å². The van der Waals surface area contributed by atoms with Gasteiger partial charge in [-0.2, -0.15) is 0 Å². The van der Waals surface area contributed by atoms with E-state index in [1.54, 1.807) is 0 Å². The summed E-state index contributed by atoms with van der Waals surface area (Å²) >= 11 is 1.46. The van der Waals surface area contributed by atoms with Crippen LogP contribution in [0.4, 0.5) is 5.13 Å². The van der Waals surface area contributed by atoms with Crippen LogP contribution in [-0.4, -0.2) is 16.1 Å². The highest BCUT2D eigenvalue weighted by Gasteiger charge is 2.24. The molecule has 0 aliphatic heterocycles. The van der Waals surface area contributed by atoms with Gasteiger partial charge in [-0.3, -0.25) is 4.79 Å². The number of nitrogens with one attached hydrogen (secondary N) is 1. The van der Waals surface area contributed by atoms with Gasteiger partial charge in [0.2, 0.25) is 11.0 Å². The van der Waals surface area contributed by atoms with E-state index in [0.29, 0.717) is 11.6 Å². The highest BCUT2D eigenvalue weighted by Crippen LogP contribution is 2.32. The van der Waals surface area contributed by atoms with Crippen LogP contribution in [0.3, 0.4) is 0 Å². The Morgan fingerprint density at radius 3 is 2.07 bits per heavy atom. The second kappa shape index (κ2) is 8.44. The Morgan fingerprint density at radius 1 is 1.00 bits per heavy atom. The topological polar surface area (TPSA) is 54.9 Å². The zero-order chi connectivity index (χ0) is 19.3. The summed E-state index contributed by atoms with van der Waals surface area (Å²) in [5, 5.41) is 12.9. The third-order valence-electron chi connectivity index (χ3n) is 4.93. The monoisotopic (exact) mass is 379 g/mol. The van der Waals surface area contributed by atoms with Crippen LogP contribution in [0.2, 0.25) is 0 Å². The smallest absolute Gasteiger partial charge is 0.227 e. The van der Waals surface area contributed by atoms with E-state index in [1.165, 1.54) is 11.3 Å². The van der Waals surface area contributed by atoms with Gasteiger partial charge in [-0.05, 0) is 17.5 Å². The van der Waals surface area contributed by atoms with Gasteiger partial charge in [-0.25, -0.2) is 0 Å². The second-order valence-corrected chi connectivity index (χ2v) is 8.25. The van der Waals surface area contributed by atoms with E-state index in [4.69, 9.17) is 0 Å². The molecule has 0 bridgehead atoms. The number of rotatable bonds is 7. The number of anilines is 1. The van der Waals surface area contributed by atoms with Crippen molar-refractivity contribution in [2.24, 2.45) is 0 Å². The van der Waals surface area contributed by atoms with Crippen LogP contribution < -0.4 is 5.32 Å². The van der Waals surface area contributed by atoms with E-state index >= 15 is 0 Å². The molecule has 3 aromatic rings. The molecule has 140 valence electrons. The fourth-order valence-electron chi connectivity index (χ4n) is 2.85. The molecule has 5 heteroatoms. The largest absolute Gasteiger partial charge is 0.300 e. The molecule has 0 aliphatic carbocycles. The van der Waals surface area contributed by atoms with Gasteiger partial charge in [-0.15, -0.1) is 10.2 Å². The van der Waals surface area contributed by atoms with Crippen molar-refractivity contribution in [1.82, 2.24) is 10.2 Å². The first kappa shape index (κ1) is 19.2. The molecule has 1 amide bonds. The minimum atomic E-state index is -0.0512. The maximum absolute atomic E-state index is 12.7. The molecule has 0 saturated heterocycles. The molecule has 0 saturated carbocycles. The van der Waals surface area contributed by atoms with Crippen LogP contribution in [-0.2, 0) is 10.2 Å². The number of carbonyl (C=O) groups is 1. The molecule has 0 unspecified atom stereocenters. The summed E-state index contributed by atoms with van der Waals surface area (Å²) < 4.78 is 0. The standard InChI is InChI=1S/C22H25N3OS/c1-4-22(2,3)20-24-25-21(27-20)23-19(26)15-18(16-11-7-5-8-12-16)17-13-9-6-10-14-17/h5-14,18H,4,15H2,1-3H3,(H,23,25,26). The highest BCUT2D eigenvalue weighted by atomic mass is 32.1. The number of aromatic nitrogens is 2. The van der Waals surface area contributed by atoms with Crippen molar-refractivity contribution >= 4 is 22.4 Å². The first-order valence-corrected chi connectivity index (χ1v) is 10.0. The second-order valence-electron chi connectivity index (χ2n) is 7.28. The van der Waals surface area contributed by atoms with Crippen molar-refractivity contribution in [3.63, 3.8) is 0 Å². The molecule has 3 rings (SSSR count). The van der Waals surface area contributed by atoms with Crippen molar-refractivity contribution in [2.75, 3.05) is 5.32 Å². The Bertz CT molecular complexity index is 835. The Kier molecular flexibility index (Phi) is 6.01. The molecule has 0 fully saturated rings. The quantitative estimate of drug-likeness (QED) is 0.599. The molecule has 2 aromatic carbocycles. The molecular formula is C22H25N3OS. The SMILES string of the molecule is CCC(C)(C)c1nnc(NC(=O)CC(c2ccccc2)c2ccccc2)s1. The van der Waals surface area contributed by atoms with Crippen LogP contribution in [0.25, 0.3) is 0 Å². The summed E-state index contributed by atoms with van der Waals surface area (Å²) in [6.45, 7) is 6.41. The van der Waals surface area contributed by atoms with Gasteiger partial charge in [0, 0.05) is 17.8 Å². The van der Waals surface area contributed by atoms with Gasteiger partial charge >= 0.3 is 0 Å². The summed E-state index contributed by atoms with van der Waals surface area (Å²) in [6, 6.07) is 20.3. The van der Waals surface area contributed by atoms with Crippen molar-refractivity contribution < 1.29 is 4.79 Å². The number of carbonyl (C=O) groups excluding carboxylic acids is 1. The predicted molar refractivity (Wildman–Crippen MR) is 111 cm³/mol. The molecule has 1 N–H and O–H groups in total. The maximum atomic E-state index is 12.7. The predicted octanol–water partition coefficient (Wildman–Crippen LogP) is 5.39. The molecular weight excluding hydrogens is 354 g/mol. The minimum Gasteiger partial charge on any atom is -0.300 e. The summed E-state index contributed by atoms with van der Waals surface area (Å²) in [5.74, 6) is -0.0448. The van der Waals surface area contributed by atoms with Gasteiger partial charge in [0.1, 0.15) is 5.01 Å². The summed E-state index contributed by atoms with van der Waals surface area (Å²) in [4.78, 5) is 12.7. The number of amides is 1. The Hall–Kier alpha value is -2.53. The molecule has 0 radical (unpaired) electrons. The molecule has 1 heterocycles. The Morgan fingerprint density at radius 2 is 1.56 bits per heavy atom. The fraction of sp³-hybridized carbons (Fsp3) is 0.318. The van der Waals surface area contributed by atoms with Gasteiger partial charge in [0.05, 0.1) is 0 Å². The van der Waals surface area contributed by atoms with Crippen molar-refractivity contribution in [2.45, 2.75) is 44.9 Å². The minimum absolute atomic E-state index is 0.00637. The van der Waals surface area contributed by atoms with Crippen LogP contribution >= 0.6 is 11.3 Å². The lowest BCUT2D eigenvalue weighted by atomic mass is 9.88. The maximum Gasteiger partial charge on any atom is 0.227 e. The van der Waals surface area contributed by atoms with Gasteiger partial charge < -0.3 is 5.32 Å². The van der Waals surface area contributed by atoms with Gasteiger partial charge in [-0.1, -0.05) is 92.8 Å². The molecule has 27 heavy (non-hydrogen) atoms. The number of hydrogen-bond donors (Lipinski definition) is 1. The molecule has 0 aliphatic rings. The number of hydrogen-bond acceptors (Lipinski definition) is 4. The van der Waals surface area contributed by atoms with Crippen molar-refractivity contribution in [3.8, 4) is 0 Å². The van der Waals surface area contributed by atoms with Gasteiger partial charge in [0.15, 0.2) is 0 Å². The Balaban J connectivity index is 1.76. The van der Waals surface area contributed by atoms with Crippen molar-refractivity contribution in [1.29, 1.82) is 0 Å². The molecule has 4 nitrogen and oxygen atoms in total. The lowest BCUT2D eigenvalue weighted by molar-refractivity contribution is -0.116. The van der Waals surface area contributed by atoms with E-state index in [0.717, 1.165) is 22.6 Å². The average Bonchev–Trinajstić information content (AvgIpc) is 3.17.